The second-order valence-corrected chi connectivity index (χ2v) is 4.15. The molecule has 0 bridgehead atoms. The van der Waals surface area contributed by atoms with Crippen molar-refractivity contribution in [2.24, 2.45) is 10.9 Å². The summed E-state index contributed by atoms with van der Waals surface area (Å²) in [6, 6.07) is 6.55. The van der Waals surface area contributed by atoms with Crippen molar-refractivity contribution in [3.05, 3.63) is 39.9 Å². The highest BCUT2D eigenvalue weighted by atomic mass is 16.6. The molecule has 0 saturated heterocycles. The molecule has 0 aliphatic heterocycles. The number of rotatable bonds is 8. The van der Waals surface area contributed by atoms with Gasteiger partial charge in [-0.3, -0.25) is 10.1 Å². The maximum atomic E-state index is 10.6. The van der Waals surface area contributed by atoms with Crippen LogP contribution in [0.15, 0.2) is 29.4 Å². The molecular formula is C12H18N4O3. The Balaban J connectivity index is 2.22. The van der Waals surface area contributed by atoms with Crippen LogP contribution in [0.3, 0.4) is 0 Å². The molecule has 0 radical (unpaired) electrons. The molecule has 0 spiro atoms. The van der Waals surface area contributed by atoms with E-state index in [0.29, 0.717) is 13.0 Å². The normalized spacial score (nSPS) is 11.5. The van der Waals surface area contributed by atoms with Crippen LogP contribution < -0.4 is 11.1 Å². The quantitative estimate of drug-likeness (QED) is 0.165. The highest BCUT2D eigenvalue weighted by Crippen LogP contribution is 2.12. The summed E-state index contributed by atoms with van der Waals surface area (Å²) in [7, 11) is 0. The summed E-state index contributed by atoms with van der Waals surface area (Å²) in [6.45, 7) is 1.37. The van der Waals surface area contributed by atoms with Crippen LogP contribution in [0.1, 0.15) is 24.8 Å². The number of nitrogens with one attached hydrogen (secondary N) is 1. The highest BCUT2D eigenvalue weighted by molar-refractivity contribution is 5.79. The molecule has 0 unspecified atom stereocenters. The smallest absolute Gasteiger partial charge is 0.269 e. The van der Waals surface area contributed by atoms with Crippen molar-refractivity contribution in [1.82, 2.24) is 5.32 Å². The Bertz CT molecular complexity index is 448. The number of nitrogens with two attached hydrogens (primary N) is 1. The van der Waals surface area contributed by atoms with Crippen LogP contribution in [0.25, 0.3) is 0 Å². The van der Waals surface area contributed by atoms with E-state index in [4.69, 9.17) is 10.9 Å². The minimum Gasteiger partial charge on any atom is -0.409 e. The molecule has 7 nitrogen and oxygen atoms in total. The number of unbranched alkanes of at least 4 members (excludes halogenated alkanes) is 1. The Kier molecular flexibility index (Phi) is 6.31. The lowest BCUT2D eigenvalue weighted by atomic mass is 10.2. The van der Waals surface area contributed by atoms with Crippen molar-refractivity contribution in [3.63, 3.8) is 0 Å². The summed E-state index contributed by atoms with van der Waals surface area (Å²) in [5.41, 5.74) is 6.32. The van der Waals surface area contributed by atoms with E-state index in [1.54, 1.807) is 12.1 Å². The van der Waals surface area contributed by atoms with Crippen LogP contribution in [-0.2, 0) is 6.54 Å². The zero-order valence-corrected chi connectivity index (χ0v) is 10.6. The SMILES string of the molecule is NC(CCCCNCc1cccc([N+](=O)[O-])c1)=NO. The van der Waals surface area contributed by atoms with Gasteiger partial charge in [-0.2, -0.15) is 0 Å². The Morgan fingerprint density at radius 1 is 1.47 bits per heavy atom. The molecule has 0 heterocycles. The summed E-state index contributed by atoms with van der Waals surface area (Å²) in [4.78, 5) is 10.2. The van der Waals surface area contributed by atoms with Gasteiger partial charge in [-0.15, -0.1) is 0 Å². The van der Waals surface area contributed by atoms with Gasteiger partial charge in [-0.25, -0.2) is 0 Å². The first kappa shape index (κ1) is 14.9. The van der Waals surface area contributed by atoms with Crippen LogP contribution in [0.4, 0.5) is 5.69 Å². The molecule has 1 aromatic carbocycles. The van der Waals surface area contributed by atoms with Crippen molar-refractivity contribution in [2.75, 3.05) is 6.54 Å². The number of nitrogens with zero attached hydrogens (tertiary/aromatic N) is 2. The largest absolute Gasteiger partial charge is 0.409 e. The Hall–Kier alpha value is -2.15. The van der Waals surface area contributed by atoms with Gasteiger partial charge in [0.05, 0.1) is 4.92 Å². The molecule has 19 heavy (non-hydrogen) atoms. The van der Waals surface area contributed by atoms with E-state index in [-0.39, 0.29) is 11.5 Å². The minimum atomic E-state index is -0.402. The monoisotopic (exact) mass is 266 g/mol. The molecule has 0 fully saturated rings. The fourth-order valence-corrected chi connectivity index (χ4v) is 1.62. The summed E-state index contributed by atoms with van der Waals surface area (Å²) < 4.78 is 0. The molecular weight excluding hydrogens is 248 g/mol. The molecule has 0 amide bonds. The lowest BCUT2D eigenvalue weighted by Gasteiger charge is -2.04. The number of nitro groups is 1. The van der Waals surface area contributed by atoms with E-state index in [1.807, 2.05) is 6.07 Å². The molecule has 0 aliphatic rings. The number of oxime groups is 1. The van der Waals surface area contributed by atoms with Gasteiger partial charge in [0, 0.05) is 25.1 Å². The van der Waals surface area contributed by atoms with E-state index in [9.17, 15) is 10.1 Å². The Labute approximate surface area is 111 Å². The summed E-state index contributed by atoms with van der Waals surface area (Å²) in [6.07, 6.45) is 2.29. The first-order chi connectivity index (χ1) is 9.13. The average Bonchev–Trinajstić information content (AvgIpc) is 2.42. The van der Waals surface area contributed by atoms with Crippen molar-refractivity contribution in [2.45, 2.75) is 25.8 Å². The van der Waals surface area contributed by atoms with E-state index < -0.39 is 4.92 Å². The van der Waals surface area contributed by atoms with Gasteiger partial charge in [-0.1, -0.05) is 17.3 Å². The molecule has 1 rings (SSSR count). The maximum Gasteiger partial charge on any atom is 0.269 e. The first-order valence-corrected chi connectivity index (χ1v) is 6.04. The first-order valence-electron chi connectivity index (χ1n) is 6.04. The molecule has 7 heteroatoms. The van der Waals surface area contributed by atoms with Gasteiger partial charge >= 0.3 is 0 Å². The van der Waals surface area contributed by atoms with Crippen LogP contribution in [-0.4, -0.2) is 22.5 Å². The number of hydrogen-bond donors (Lipinski definition) is 3. The van der Waals surface area contributed by atoms with Crippen LogP contribution in [0, 0.1) is 10.1 Å². The van der Waals surface area contributed by atoms with E-state index in [2.05, 4.69) is 10.5 Å². The zero-order chi connectivity index (χ0) is 14.1. The van der Waals surface area contributed by atoms with Crippen molar-refractivity contribution in [3.8, 4) is 0 Å². The molecule has 0 atom stereocenters. The molecule has 0 aliphatic carbocycles. The second-order valence-electron chi connectivity index (χ2n) is 4.15. The average molecular weight is 266 g/mol. The molecule has 104 valence electrons. The van der Waals surface area contributed by atoms with Gasteiger partial charge in [0.2, 0.25) is 0 Å². The Morgan fingerprint density at radius 2 is 2.26 bits per heavy atom. The predicted molar refractivity (Wildman–Crippen MR) is 72.1 cm³/mol. The van der Waals surface area contributed by atoms with Crippen molar-refractivity contribution >= 4 is 11.5 Å². The predicted octanol–water partition coefficient (Wildman–Crippen LogP) is 1.60. The fraction of sp³-hybridized carbons (Fsp3) is 0.417. The molecule has 0 saturated carbocycles. The molecule has 1 aromatic rings. The van der Waals surface area contributed by atoms with Crippen molar-refractivity contribution in [1.29, 1.82) is 0 Å². The lowest BCUT2D eigenvalue weighted by Crippen LogP contribution is -2.16. The second kappa shape index (κ2) is 8.04. The van der Waals surface area contributed by atoms with Gasteiger partial charge in [-0.05, 0) is 24.9 Å². The third kappa shape index (κ3) is 5.82. The van der Waals surface area contributed by atoms with Gasteiger partial charge in [0.1, 0.15) is 5.84 Å². The molecule has 4 N–H and O–H groups in total. The lowest BCUT2D eigenvalue weighted by molar-refractivity contribution is -0.384. The van der Waals surface area contributed by atoms with E-state index in [1.165, 1.54) is 6.07 Å². The van der Waals surface area contributed by atoms with E-state index in [0.717, 1.165) is 24.9 Å². The van der Waals surface area contributed by atoms with E-state index >= 15 is 0 Å². The van der Waals surface area contributed by atoms with Gasteiger partial charge < -0.3 is 16.3 Å². The third-order valence-corrected chi connectivity index (χ3v) is 2.62. The number of benzene rings is 1. The number of amidine groups is 1. The zero-order valence-electron chi connectivity index (χ0n) is 10.6. The topological polar surface area (TPSA) is 114 Å². The third-order valence-electron chi connectivity index (χ3n) is 2.62. The number of nitro benzene ring substituents is 1. The summed E-state index contributed by atoms with van der Waals surface area (Å²) in [5.74, 6) is 0.235. The van der Waals surface area contributed by atoms with Crippen LogP contribution in [0.5, 0.6) is 0 Å². The van der Waals surface area contributed by atoms with Crippen LogP contribution in [0.2, 0.25) is 0 Å². The van der Waals surface area contributed by atoms with Crippen molar-refractivity contribution < 1.29 is 10.1 Å². The Morgan fingerprint density at radius 3 is 2.95 bits per heavy atom. The summed E-state index contributed by atoms with van der Waals surface area (Å²) >= 11 is 0. The summed E-state index contributed by atoms with van der Waals surface area (Å²) in [5, 5.41) is 25.0. The minimum absolute atomic E-state index is 0.103. The van der Waals surface area contributed by atoms with Gasteiger partial charge in [0.15, 0.2) is 0 Å². The maximum absolute atomic E-state index is 10.6. The fourth-order valence-electron chi connectivity index (χ4n) is 1.62. The highest BCUT2D eigenvalue weighted by Gasteiger charge is 2.04. The molecule has 0 aromatic heterocycles. The number of non-ortho nitro benzene ring substituents is 1. The number of hydrogen-bond acceptors (Lipinski definition) is 5. The van der Waals surface area contributed by atoms with Gasteiger partial charge in [0.25, 0.3) is 5.69 Å². The standard InChI is InChI=1S/C12H18N4O3/c13-12(15-17)6-1-2-7-14-9-10-4-3-5-11(8-10)16(18)19/h3-5,8,14,17H,1-2,6-7,9H2,(H2,13,15). The van der Waals surface area contributed by atoms with Crippen LogP contribution >= 0.6 is 0 Å².